The molecule has 35 heavy (non-hydrogen) atoms. The smallest absolute Gasteiger partial charge is 0.229 e. The SMILES string of the molecule is CC(C)c1nc(-c2ncn3c2Cn2c(COCc4ccccn4)nnc2-c2cc(F)ccc2-3)no1. The average molecular weight is 472 g/mol. The Morgan fingerprint density at radius 1 is 1.11 bits per heavy atom. The molecule has 10 nitrogen and oxygen atoms in total. The lowest BCUT2D eigenvalue weighted by Crippen LogP contribution is -2.10. The molecule has 0 fully saturated rings. The highest BCUT2D eigenvalue weighted by Crippen LogP contribution is 2.35. The summed E-state index contributed by atoms with van der Waals surface area (Å²) < 4.78 is 29.4. The molecule has 0 saturated carbocycles. The van der Waals surface area contributed by atoms with Crippen LogP contribution in [0, 0.1) is 5.82 Å². The molecule has 176 valence electrons. The first-order valence-corrected chi connectivity index (χ1v) is 11.2. The third-order valence-electron chi connectivity index (χ3n) is 5.82. The summed E-state index contributed by atoms with van der Waals surface area (Å²) in [6.07, 6.45) is 3.41. The summed E-state index contributed by atoms with van der Waals surface area (Å²) in [6.45, 7) is 4.87. The Kier molecular flexibility index (Phi) is 5.18. The van der Waals surface area contributed by atoms with Gasteiger partial charge in [-0.15, -0.1) is 10.2 Å². The van der Waals surface area contributed by atoms with E-state index in [1.165, 1.54) is 12.1 Å². The minimum Gasteiger partial charge on any atom is -0.367 e. The number of benzene rings is 1. The van der Waals surface area contributed by atoms with E-state index in [1.54, 1.807) is 18.6 Å². The molecule has 5 aromatic rings. The summed E-state index contributed by atoms with van der Waals surface area (Å²) in [7, 11) is 0. The lowest BCUT2D eigenvalue weighted by Gasteiger charge is -2.09. The number of halogens is 1. The highest BCUT2D eigenvalue weighted by Gasteiger charge is 2.28. The quantitative estimate of drug-likeness (QED) is 0.359. The second-order valence-corrected chi connectivity index (χ2v) is 8.52. The molecule has 6 rings (SSSR count). The molecule has 0 bridgehead atoms. The number of ether oxygens (including phenoxy) is 1. The van der Waals surface area contributed by atoms with Gasteiger partial charge in [0.25, 0.3) is 0 Å². The zero-order valence-electron chi connectivity index (χ0n) is 19.1. The van der Waals surface area contributed by atoms with Crippen LogP contribution in [0.3, 0.4) is 0 Å². The van der Waals surface area contributed by atoms with Gasteiger partial charge in [0.2, 0.25) is 11.7 Å². The Morgan fingerprint density at radius 3 is 2.83 bits per heavy atom. The average Bonchev–Trinajstić information content (AvgIpc) is 3.58. The zero-order valence-corrected chi connectivity index (χ0v) is 19.1. The van der Waals surface area contributed by atoms with Crippen LogP contribution >= 0.6 is 0 Å². The molecular weight excluding hydrogens is 451 g/mol. The first-order valence-electron chi connectivity index (χ1n) is 11.2. The summed E-state index contributed by atoms with van der Waals surface area (Å²) in [5.41, 5.74) is 3.54. The highest BCUT2D eigenvalue weighted by molar-refractivity contribution is 5.71. The van der Waals surface area contributed by atoms with E-state index in [4.69, 9.17) is 9.26 Å². The highest BCUT2D eigenvalue weighted by atomic mass is 19.1. The van der Waals surface area contributed by atoms with Crippen LogP contribution in [0.1, 0.15) is 42.9 Å². The summed E-state index contributed by atoms with van der Waals surface area (Å²) in [4.78, 5) is 13.4. The summed E-state index contributed by atoms with van der Waals surface area (Å²) in [6, 6.07) is 10.2. The number of pyridine rings is 1. The molecule has 5 heterocycles. The van der Waals surface area contributed by atoms with Crippen LogP contribution in [0.15, 0.2) is 53.4 Å². The van der Waals surface area contributed by atoms with Crippen molar-refractivity contribution >= 4 is 0 Å². The maximum Gasteiger partial charge on any atom is 0.229 e. The van der Waals surface area contributed by atoms with E-state index in [2.05, 4.69) is 30.3 Å². The van der Waals surface area contributed by atoms with Gasteiger partial charge in [-0.25, -0.2) is 9.37 Å². The fraction of sp³-hybridized carbons (Fsp3) is 0.250. The predicted octanol–water partition coefficient (Wildman–Crippen LogP) is 3.92. The molecule has 0 unspecified atom stereocenters. The molecule has 1 aliphatic heterocycles. The van der Waals surface area contributed by atoms with Gasteiger partial charge in [0.15, 0.2) is 11.6 Å². The summed E-state index contributed by atoms with van der Waals surface area (Å²) in [5.74, 6) is 1.80. The number of hydrogen-bond acceptors (Lipinski definition) is 8. The molecule has 0 amide bonds. The van der Waals surface area contributed by atoms with Crippen LogP contribution in [-0.2, 0) is 24.5 Å². The van der Waals surface area contributed by atoms with Gasteiger partial charge in [-0.3, -0.25) is 9.55 Å². The third kappa shape index (κ3) is 3.79. The number of fused-ring (bicyclic) bond motifs is 5. The van der Waals surface area contributed by atoms with Crippen molar-refractivity contribution in [1.82, 2.24) is 39.4 Å². The molecule has 0 radical (unpaired) electrons. The second kappa shape index (κ2) is 8.51. The fourth-order valence-electron chi connectivity index (χ4n) is 4.07. The standard InChI is InChI=1S/C24H21FN8O2/c1-14(2)24-28-22(31-35-24)21-19-10-32-20(12-34-11-16-5-3-4-8-26-16)29-30-23(32)17-9-15(25)6-7-18(17)33(19)13-27-21/h3-9,13-14H,10-12H2,1-2H3. The van der Waals surface area contributed by atoms with Crippen molar-refractivity contribution in [3.63, 3.8) is 0 Å². The van der Waals surface area contributed by atoms with Gasteiger partial charge < -0.3 is 13.8 Å². The van der Waals surface area contributed by atoms with Gasteiger partial charge in [-0.2, -0.15) is 4.98 Å². The van der Waals surface area contributed by atoms with Crippen molar-refractivity contribution in [3.8, 4) is 28.6 Å². The van der Waals surface area contributed by atoms with E-state index in [-0.39, 0.29) is 18.3 Å². The van der Waals surface area contributed by atoms with E-state index < -0.39 is 0 Å². The van der Waals surface area contributed by atoms with Crippen molar-refractivity contribution < 1.29 is 13.7 Å². The summed E-state index contributed by atoms with van der Waals surface area (Å²) in [5, 5.41) is 12.9. The number of aromatic nitrogens is 8. The molecular formula is C24H21FN8O2. The van der Waals surface area contributed by atoms with Gasteiger partial charge in [0.1, 0.15) is 24.4 Å². The molecule has 0 aliphatic carbocycles. The summed E-state index contributed by atoms with van der Waals surface area (Å²) >= 11 is 0. The largest absolute Gasteiger partial charge is 0.367 e. The normalized spacial score (nSPS) is 12.3. The lowest BCUT2D eigenvalue weighted by atomic mass is 10.1. The maximum absolute atomic E-state index is 14.3. The Labute approximate surface area is 199 Å². The van der Waals surface area contributed by atoms with E-state index in [0.717, 1.165) is 17.1 Å². The van der Waals surface area contributed by atoms with E-state index in [9.17, 15) is 4.39 Å². The Balaban J connectivity index is 1.41. The minimum atomic E-state index is -0.366. The number of rotatable bonds is 6. The van der Waals surface area contributed by atoms with Crippen LogP contribution in [0.2, 0.25) is 0 Å². The van der Waals surface area contributed by atoms with Crippen LogP contribution in [-0.4, -0.2) is 39.4 Å². The number of hydrogen-bond donors (Lipinski definition) is 0. The molecule has 4 aromatic heterocycles. The first-order chi connectivity index (χ1) is 17.1. The lowest BCUT2D eigenvalue weighted by molar-refractivity contribution is 0.0969. The molecule has 0 spiro atoms. The van der Waals surface area contributed by atoms with E-state index in [1.807, 2.05) is 41.2 Å². The number of nitrogens with zero attached hydrogens (tertiary/aromatic N) is 8. The van der Waals surface area contributed by atoms with Crippen molar-refractivity contribution in [2.45, 2.75) is 39.5 Å². The van der Waals surface area contributed by atoms with E-state index in [0.29, 0.717) is 47.8 Å². The van der Waals surface area contributed by atoms with Crippen LogP contribution in [0.25, 0.3) is 28.6 Å². The number of imidazole rings is 1. The Bertz CT molecular complexity index is 1510. The monoisotopic (exact) mass is 472 g/mol. The van der Waals surface area contributed by atoms with Gasteiger partial charge in [0, 0.05) is 17.7 Å². The van der Waals surface area contributed by atoms with Gasteiger partial charge in [-0.1, -0.05) is 25.1 Å². The molecule has 1 aromatic carbocycles. The molecule has 0 N–H and O–H groups in total. The van der Waals surface area contributed by atoms with Crippen molar-refractivity contribution in [3.05, 3.63) is 77.8 Å². The topological polar surface area (TPSA) is 110 Å². The van der Waals surface area contributed by atoms with Crippen molar-refractivity contribution in [2.75, 3.05) is 0 Å². The first kappa shape index (κ1) is 21.3. The molecule has 11 heteroatoms. The van der Waals surface area contributed by atoms with Crippen molar-refractivity contribution in [1.29, 1.82) is 0 Å². The fourth-order valence-corrected chi connectivity index (χ4v) is 4.07. The molecule has 1 aliphatic rings. The van der Waals surface area contributed by atoms with Gasteiger partial charge in [-0.05, 0) is 30.3 Å². The van der Waals surface area contributed by atoms with Crippen LogP contribution in [0.4, 0.5) is 4.39 Å². The molecule has 0 atom stereocenters. The molecule has 0 saturated heterocycles. The van der Waals surface area contributed by atoms with Gasteiger partial charge >= 0.3 is 0 Å². The maximum atomic E-state index is 14.3. The van der Waals surface area contributed by atoms with Crippen LogP contribution in [0.5, 0.6) is 0 Å². The minimum absolute atomic E-state index is 0.0912. The predicted molar refractivity (Wildman–Crippen MR) is 122 cm³/mol. The third-order valence-corrected chi connectivity index (χ3v) is 5.82. The van der Waals surface area contributed by atoms with Crippen LogP contribution < -0.4 is 0 Å². The second-order valence-electron chi connectivity index (χ2n) is 8.52. The van der Waals surface area contributed by atoms with E-state index >= 15 is 0 Å². The Morgan fingerprint density at radius 2 is 2.03 bits per heavy atom. The van der Waals surface area contributed by atoms with Gasteiger partial charge in [0.05, 0.1) is 30.2 Å². The van der Waals surface area contributed by atoms with Crippen molar-refractivity contribution in [2.24, 2.45) is 0 Å². The Hall–Kier alpha value is -4.25. The zero-order chi connectivity index (χ0) is 23.9.